The molecule has 21 heavy (non-hydrogen) atoms. The van der Waals surface area contributed by atoms with Crippen molar-refractivity contribution in [3.8, 4) is 0 Å². The van der Waals surface area contributed by atoms with E-state index in [1.807, 2.05) is 23.2 Å². The first-order valence-corrected chi connectivity index (χ1v) is 8.08. The van der Waals surface area contributed by atoms with Crippen LogP contribution in [0, 0.1) is 0 Å². The minimum Gasteiger partial charge on any atom is -0.376 e. The smallest absolute Gasteiger partial charge is 0.222 e. The lowest BCUT2D eigenvalue weighted by atomic mass is 10.1. The van der Waals surface area contributed by atoms with Crippen molar-refractivity contribution in [3.63, 3.8) is 0 Å². The molecule has 0 aliphatic carbocycles. The summed E-state index contributed by atoms with van der Waals surface area (Å²) in [6.07, 6.45) is 9.84. The zero-order valence-electron chi connectivity index (χ0n) is 13.0. The van der Waals surface area contributed by atoms with Crippen LogP contribution in [0.15, 0.2) is 24.5 Å². The molecule has 2 heterocycles. The van der Waals surface area contributed by atoms with Gasteiger partial charge in [0.2, 0.25) is 5.91 Å². The molecule has 4 nitrogen and oxygen atoms in total. The summed E-state index contributed by atoms with van der Waals surface area (Å²) in [7, 11) is 0. The van der Waals surface area contributed by atoms with Crippen LogP contribution in [0.1, 0.15) is 51.0 Å². The Bertz CT molecular complexity index is 416. The summed E-state index contributed by atoms with van der Waals surface area (Å²) in [5.74, 6) is 0.239. The van der Waals surface area contributed by atoms with Crippen LogP contribution in [0.3, 0.4) is 0 Å². The summed E-state index contributed by atoms with van der Waals surface area (Å²) in [6.45, 7) is 4.33. The van der Waals surface area contributed by atoms with Crippen molar-refractivity contribution in [3.05, 3.63) is 30.1 Å². The molecule has 0 aromatic carbocycles. The van der Waals surface area contributed by atoms with Crippen LogP contribution in [0.2, 0.25) is 0 Å². The van der Waals surface area contributed by atoms with Crippen LogP contribution in [0.25, 0.3) is 0 Å². The lowest BCUT2D eigenvalue weighted by Crippen LogP contribution is -2.36. The average molecular weight is 290 g/mol. The van der Waals surface area contributed by atoms with Crippen LogP contribution < -0.4 is 0 Å². The molecular formula is C17H26N2O2. The molecule has 2 rings (SSSR count). The fourth-order valence-electron chi connectivity index (χ4n) is 2.69. The fraction of sp³-hybridized carbons (Fsp3) is 0.647. The van der Waals surface area contributed by atoms with Crippen LogP contribution >= 0.6 is 0 Å². The Kier molecular flexibility index (Phi) is 6.67. The van der Waals surface area contributed by atoms with Gasteiger partial charge in [0, 0.05) is 38.5 Å². The predicted octanol–water partition coefficient (Wildman–Crippen LogP) is 3.17. The van der Waals surface area contributed by atoms with E-state index in [0.717, 1.165) is 44.3 Å². The Hall–Kier alpha value is -1.42. The third-order valence-electron chi connectivity index (χ3n) is 3.89. The van der Waals surface area contributed by atoms with Crippen molar-refractivity contribution in [1.82, 2.24) is 9.88 Å². The molecule has 0 spiro atoms. The number of carbonyl (C=O) groups excluding carboxylic acids is 1. The van der Waals surface area contributed by atoms with Gasteiger partial charge in [0.25, 0.3) is 0 Å². The standard InChI is InChI=1S/C17H26N2O2/c1-2-3-4-9-17(20)19(14-16-8-6-11-21-16)13-15-7-5-10-18-12-15/h5,7,10,12,16H,2-4,6,8-9,11,13-14H2,1H3. The number of amides is 1. The summed E-state index contributed by atoms with van der Waals surface area (Å²) < 4.78 is 5.69. The van der Waals surface area contributed by atoms with Crippen LogP contribution in [-0.4, -0.2) is 35.0 Å². The van der Waals surface area contributed by atoms with E-state index in [1.165, 1.54) is 0 Å². The molecule has 1 fully saturated rings. The molecular weight excluding hydrogens is 264 g/mol. The van der Waals surface area contributed by atoms with E-state index in [0.29, 0.717) is 19.5 Å². The largest absolute Gasteiger partial charge is 0.376 e. The number of hydrogen-bond donors (Lipinski definition) is 0. The number of rotatable bonds is 8. The van der Waals surface area contributed by atoms with Gasteiger partial charge in [0.15, 0.2) is 0 Å². The first-order valence-electron chi connectivity index (χ1n) is 8.08. The quantitative estimate of drug-likeness (QED) is 0.691. The molecule has 1 aliphatic heterocycles. The van der Waals surface area contributed by atoms with Gasteiger partial charge in [-0.25, -0.2) is 0 Å². The molecule has 116 valence electrons. The Morgan fingerprint density at radius 1 is 1.48 bits per heavy atom. The number of hydrogen-bond acceptors (Lipinski definition) is 3. The Morgan fingerprint density at radius 2 is 2.38 bits per heavy atom. The van der Waals surface area contributed by atoms with Crippen LogP contribution in [-0.2, 0) is 16.1 Å². The molecule has 1 amide bonds. The average Bonchev–Trinajstić information content (AvgIpc) is 3.01. The highest BCUT2D eigenvalue weighted by Crippen LogP contribution is 2.16. The molecule has 0 bridgehead atoms. The second kappa shape index (κ2) is 8.78. The van der Waals surface area contributed by atoms with Gasteiger partial charge in [-0.15, -0.1) is 0 Å². The minimum absolute atomic E-state index is 0.205. The van der Waals surface area contributed by atoms with Gasteiger partial charge in [0.05, 0.1) is 6.10 Å². The molecule has 1 saturated heterocycles. The topological polar surface area (TPSA) is 42.4 Å². The van der Waals surface area contributed by atoms with Gasteiger partial charge in [-0.1, -0.05) is 25.8 Å². The van der Waals surface area contributed by atoms with Gasteiger partial charge >= 0.3 is 0 Å². The minimum atomic E-state index is 0.205. The molecule has 0 saturated carbocycles. The monoisotopic (exact) mass is 290 g/mol. The highest BCUT2D eigenvalue weighted by atomic mass is 16.5. The fourth-order valence-corrected chi connectivity index (χ4v) is 2.69. The molecule has 0 radical (unpaired) electrons. The number of aromatic nitrogens is 1. The Labute approximate surface area is 127 Å². The van der Waals surface area contributed by atoms with E-state index in [9.17, 15) is 4.79 Å². The van der Waals surface area contributed by atoms with Crippen molar-refractivity contribution in [1.29, 1.82) is 0 Å². The first-order chi connectivity index (χ1) is 10.3. The summed E-state index contributed by atoms with van der Waals surface area (Å²) in [4.78, 5) is 18.5. The molecule has 1 aromatic heterocycles. The molecule has 0 N–H and O–H groups in total. The van der Waals surface area contributed by atoms with Crippen molar-refractivity contribution >= 4 is 5.91 Å². The van der Waals surface area contributed by atoms with E-state index in [2.05, 4.69) is 11.9 Å². The maximum atomic E-state index is 12.5. The molecule has 4 heteroatoms. The maximum absolute atomic E-state index is 12.5. The molecule has 1 aromatic rings. The maximum Gasteiger partial charge on any atom is 0.222 e. The lowest BCUT2D eigenvalue weighted by molar-refractivity contribution is -0.133. The molecule has 1 unspecified atom stereocenters. The number of nitrogens with zero attached hydrogens (tertiary/aromatic N) is 2. The van der Waals surface area contributed by atoms with E-state index in [-0.39, 0.29) is 12.0 Å². The molecule has 1 aliphatic rings. The number of ether oxygens (including phenoxy) is 1. The SMILES string of the molecule is CCCCCC(=O)N(Cc1cccnc1)CC1CCCO1. The Morgan fingerprint density at radius 3 is 3.05 bits per heavy atom. The van der Waals surface area contributed by atoms with Crippen molar-refractivity contribution in [2.75, 3.05) is 13.2 Å². The number of unbranched alkanes of at least 4 members (excludes halogenated alkanes) is 2. The van der Waals surface area contributed by atoms with Gasteiger partial charge in [-0.05, 0) is 30.9 Å². The Balaban J connectivity index is 1.93. The highest BCUT2D eigenvalue weighted by Gasteiger charge is 2.22. The molecule has 1 atom stereocenters. The van der Waals surface area contributed by atoms with Gasteiger partial charge in [-0.2, -0.15) is 0 Å². The first kappa shape index (κ1) is 16.0. The van der Waals surface area contributed by atoms with Crippen molar-refractivity contribution in [2.45, 2.75) is 58.1 Å². The zero-order chi connectivity index (χ0) is 14.9. The lowest BCUT2D eigenvalue weighted by Gasteiger charge is -2.25. The number of pyridine rings is 1. The normalized spacial score (nSPS) is 17.9. The highest BCUT2D eigenvalue weighted by molar-refractivity contribution is 5.76. The second-order valence-electron chi connectivity index (χ2n) is 5.73. The third-order valence-corrected chi connectivity index (χ3v) is 3.89. The van der Waals surface area contributed by atoms with Gasteiger partial charge in [0.1, 0.15) is 0 Å². The van der Waals surface area contributed by atoms with E-state index >= 15 is 0 Å². The van der Waals surface area contributed by atoms with Crippen molar-refractivity contribution in [2.24, 2.45) is 0 Å². The second-order valence-corrected chi connectivity index (χ2v) is 5.73. The van der Waals surface area contributed by atoms with E-state index < -0.39 is 0 Å². The van der Waals surface area contributed by atoms with Crippen LogP contribution in [0.4, 0.5) is 0 Å². The van der Waals surface area contributed by atoms with Gasteiger partial charge < -0.3 is 9.64 Å². The third kappa shape index (κ3) is 5.46. The summed E-state index contributed by atoms with van der Waals surface area (Å²) in [5.41, 5.74) is 1.08. The summed E-state index contributed by atoms with van der Waals surface area (Å²) >= 11 is 0. The summed E-state index contributed by atoms with van der Waals surface area (Å²) in [5, 5.41) is 0. The van der Waals surface area contributed by atoms with Crippen LogP contribution in [0.5, 0.6) is 0 Å². The van der Waals surface area contributed by atoms with Gasteiger partial charge in [-0.3, -0.25) is 9.78 Å². The zero-order valence-corrected chi connectivity index (χ0v) is 13.0. The number of carbonyl (C=O) groups is 1. The predicted molar refractivity (Wildman–Crippen MR) is 82.8 cm³/mol. The van der Waals surface area contributed by atoms with Crippen molar-refractivity contribution < 1.29 is 9.53 Å². The summed E-state index contributed by atoms with van der Waals surface area (Å²) in [6, 6.07) is 3.94. The van der Waals surface area contributed by atoms with E-state index in [1.54, 1.807) is 6.20 Å². The van der Waals surface area contributed by atoms with E-state index in [4.69, 9.17) is 4.74 Å².